The molecule has 1 saturated heterocycles. The zero-order valence-electron chi connectivity index (χ0n) is 11.5. The van der Waals surface area contributed by atoms with Gasteiger partial charge in [0.2, 0.25) is 0 Å². The normalized spacial score (nSPS) is 18.4. The van der Waals surface area contributed by atoms with E-state index in [9.17, 15) is 0 Å². The molecule has 4 nitrogen and oxygen atoms in total. The molecule has 1 aromatic heterocycles. The Balaban J connectivity index is 1.84. The summed E-state index contributed by atoms with van der Waals surface area (Å²) in [6.07, 6.45) is 2.07. The highest BCUT2D eigenvalue weighted by Crippen LogP contribution is 2.19. The van der Waals surface area contributed by atoms with Gasteiger partial charge >= 0.3 is 0 Å². The summed E-state index contributed by atoms with van der Waals surface area (Å²) in [5.41, 5.74) is 6.95. The first-order chi connectivity index (χ1) is 8.72. The van der Waals surface area contributed by atoms with E-state index in [2.05, 4.69) is 23.8 Å². The fraction of sp³-hybridized carbons (Fsp3) is 0.769. The average molecular weight is 268 g/mol. The van der Waals surface area contributed by atoms with E-state index < -0.39 is 0 Å². The second kappa shape index (κ2) is 6.61. The number of aryl methyl sites for hydroxylation is 1. The molecular formula is C13H24N4S. The number of hydrogen-bond donors (Lipinski definition) is 1. The topological polar surface area (TPSA) is 45.4 Å². The Morgan fingerprint density at radius 3 is 2.56 bits per heavy atom. The Bertz CT molecular complexity index is 348. The summed E-state index contributed by atoms with van der Waals surface area (Å²) in [6.45, 7) is 8.67. The lowest BCUT2D eigenvalue weighted by molar-refractivity contribution is 0.155. The van der Waals surface area contributed by atoms with Gasteiger partial charge in [0.25, 0.3) is 0 Å². The van der Waals surface area contributed by atoms with E-state index in [1.54, 1.807) is 11.3 Å². The largest absolute Gasteiger partial charge is 0.326 e. The minimum Gasteiger partial charge on any atom is -0.326 e. The van der Waals surface area contributed by atoms with Crippen molar-refractivity contribution in [1.29, 1.82) is 0 Å². The minimum atomic E-state index is 0.634. The summed E-state index contributed by atoms with van der Waals surface area (Å²) in [4.78, 5) is 10.9. The van der Waals surface area contributed by atoms with Gasteiger partial charge < -0.3 is 15.5 Å². The molecule has 1 fully saturated rings. The van der Waals surface area contributed by atoms with Crippen LogP contribution in [0.4, 0.5) is 0 Å². The van der Waals surface area contributed by atoms with Gasteiger partial charge in [-0.05, 0) is 13.5 Å². The van der Waals surface area contributed by atoms with Gasteiger partial charge in [-0.25, -0.2) is 4.98 Å². The SMILES string of the molecule is CCc1nc(CCN2CCN(C)CC2)sc1CN. The number of thiazole rings is 1. The molecular weight excluding hydrogens is 244 g/mol. The first kappa shape index (κ1) is 13.9. The van der Waals surface area contributed by atoms with E-state index in [4.69, 9.17) is 10.7 Å². The molecule has 0 saturated carbocycles. The summed E-state index contributed by atoms with van der Waals surface area (Å²) >= 11 is 1.80. The number of hydrogen-bond acceptors (Lipinski definition) is 5. The van der Waals surface area contributed by atoms with E-state index in [1.165, 1.54) is 41.8 Å². The lowest BCUT2D eigenvalue weighted by Crippen LogP contribution is -2.45. The Hall–Kier alpha value is -0.490. The van der Waals surface area contributed by atoms with E-state index in [0.29, 0.717) is 6.54 Å². The van der Waals surface area contributed by atoms with Crippen LogP contribution in [0.1, 0.15) is 22.5 Å². The predicted molar refractivity (Wildman–Crippen MR) is 77.0 cm³/mol. The number of likely N-dealkylation sites (N-methyl/N-ethyl adjacent to an activating group) is 1. The highest BCUT2D eigenvalue weighted by Gasteiger charge is 2.14. The third kappa shape index (κ3) is 3.51. The molecule has 5 heteroatoms. The molecule has 0 amide bonds. The molecule has 18 heavy (non-hydrogen) atoms. The Morgan fingerprint density at radius 1 is 1.28 bits per heavy atom. The van der Waals surface area contributed by atoms with Crippen molar-refractivity contribution in [3.8, 4) is 0 Å². The maximum atomic E-state index is 5.75. The second-order valence-electron chi connectivity index (χ2n) is 4.93. The lowest BCUT2D eigenvalue weighted by atomic mass is 10.3. The third-order valence-electron chi connectivity index (χ3n) is 3.58. The van der Waals surface area contributed by atoms with Crippen molar-refractivity contribution < 1.29 is 0 Å². The molecule has 0 radical (unpaired) electrons. The van der Waals surface area contributed by atoms with Crippen LogP contribution < -0.4 is 5.73 Å². The minimum absolute atomic E-state index is 0.634. The van der Waals surface area contributed by atoms with Crippen molar-refractivity contribution in [2.75, 3.05) is 39.8 Å². The number of nitrogens with zero attached hydrogens (tertiary/aromatic N) is 3. The Morgan fingerprint density at radius 2 is 2.00 bits per heavy atom. The van der Waals surface area contributed by atoms with Crippen molar-refractivity contribution >= 4 is 11.3 Å². The molecule has 0 spiro atoms. The fourth-order valence-corrected chi connectivity index (χ4v) is 3.33. The molecule has 1 aliphatic rings. The number of nitrogens with two attached hydrogens (primary N) is 1. The van der Waals surface area contributed by atoms with Gasteiger partial charge in [0.15, 0.2) is 0 Å². The van der Waals surface area contributed by atoms with Crippen molar-refractivity contribution in [2.24, 2.45) is 5.73 Å². The van der Waals surface area contributed by atoms with Gasteiger partial charge in [0, 0.05) is 50.6 Å². The first-order valence-electron chi connectivity index (χ1n) is 6.81. The zero-order chi connectivity index (χ0) is 13.0. The van der Waals surface area contributed by atoms with Crippen LogP contribution in [0.15, 0.2) is 0 Å². The van der Waals surface area contributed by atoms with Gasteiger partial charge in [-0.3, -0.25) is 0 Å². The summed E-state index contributed by atoms with van der Waals surface area (Å²) in [6, 6.07) is 0. The van der Waals surface area contributed by atoms with Crippen LogP contribution in [-0.4, -0.2) is 54.6 Å². The van der Waals surface area contributed by atoms with Crippen LogP contribution in [0.2, 0.25) is 0 Å². The average Bonchev–Trinajstić information content (AvgIpc) is 2.80. The molecule has 0 bridgehead atoms. The van der Waals surface area contributed by atoms with Gasteiger partial charge in [0.1, 0.15) is 0 Å². The zero-order valence-corrected chi connectivity index (χ0v) is 12.3. The molecule has 1 aromatic rings. The number of aromatic nitrogens is 1. The first-order valence-corrected chi connectivity index (χ1v) is 7.63. The lowest BCUT2D eigenvalue weighted by Gasteiger charge is -2.32. The maximum absolute atomic E-state index is 5.75. The quantitative estimate of drug-likeness (QED) is 0.864. The predicted octanol–water partition coefficient (Wildman–Crippen LogP) is 0.954. The van der Waals surface area contributed by atoms with E-state index in [1.807, 2.05) is 0 Å². The van der Waals surface area contributed by atoms with Crippen LogP contribution in [0.3, 0.4) is 0 Å². The smallest absolute Gasteiger partial charge is 0.0944 e. The molecule has 2 heterocycles. The second-order valence-corrected chi connectivity index (χ2v) is 6.10. The van der Waals surface area contributed by atoms with Gasteiger partial charge in [0.05, 0.1) is 10.7 Å². The highest BCUT2D eigenvalue weighted by molar-refractivity contribution is 7.11. The van der Waals surface area contributed by atoms with Gasteiger partial charge in [-0.2, -0.15) is 0 Å². The molecule has 2 N–H and O–H groups in total. The fourth-order valence-electron chi connectivity index (χ4n) is 2.30. The molecule has 0 atom stereocenters. The van der Waals surface area contributed by atoms with E-state index >= 15 is 0 Å². The molecule has 2 rings (SSSR count). The number of piperazine rings is 1. The van der Waals surface area contributed by atoms with E-state index in [0.717, 1.165) is 19.4 Å². The Kier molecular flexibility index (Phi) is 5.12. The monoisotopic (exact) mass is 268 g/mol. The molecule has 0 unspecified atom stereocenters. The number of rotatable bonds is 5. The summed E-state index contributed by atoms with van der Waals surface area (Å²) in [5.74, 6) is 0. The van der Waals surface area contributed by atoms with Crippen LogP contribution >= 0.6 is 11.3 Å². The Labute approximate surface area is 114 Å². The van der Waals surface area contributed by atoms with Crippen LogP contribution in [0, 0.1) is 0 Å². The third-order valence-corrected chi connectivity index (χ3v) is 4.76. The maximum Gasteiger partial charge on any atom is 0.0944 e. The summed E-state index contributed by atoms with van der Waals surface area (Å²) in [7, 11) is 2.19. The van der Waals surface area contributed by atoms with Gasteiger partial charge in [-0.1, -0.05) is 6.92 Å². The van der Waals surface area contributed by atoms with Crippen LogP contribution in [0.5, 0.6) is 0 Å². The van der Waals surface area contributed by atoms with Gasteiger partial charge in [-0.15, -0.1) is 11.3 Å². The molecule has 102 valence electrons. The van der Waals surface area contributed by atoms with Crippen molar-refractivity contribution in [3.63, 3.8) is 0 Å². The van der Waals surface area contributed by atoms with Crippen LogP contribution in [-0.2, 0) is 19.4 Å². The molecule has 0 aromatic carbocycles. The van der Waals surface area contributed by atoms with Crippen LogP contribution in [0.25, 0.3) is 0 Å². The van der Waals surface area contributed by atoms with Crippen molar-refractivity contribution in [3.05, 3.63) is 15.6 Å². The summed E-state index contributed by atoms with van der Waals surface area (Å²) in [5, 5.41) is 1.26. The van der Waals surface area contributed by atoms with E-state index in [-0.39, 0.29) is 0 Å². The molecule has 1 aliphatic heterocycles. The van der Waals surface area contributed by atoms with Crippen molar-refractivity contribution in [2.45, 2.75) is 26.3 Å². The standard InChI is InChI=1S/C13H24N4S/c1-3-11-12(10-14)18-13(15-11)4-5-17-8-6-16(2)7-9-17/h3-10,14H2,1-2H3. The molecule has 0 aliphatic carbocycles. The summed E-state index contributed by atoms with van der Waals surface area (Å²) < 4.78 is 0. The highest BCUT2D eigenvalue weighted by atomic mass is 32.1. The van der Waals surface area contributed by atoms with Crippen molar-refractivity contribution in [1.82, 2.24) is 14.8 Å².